The molecule has 1 aromatic heterocycles. The number of amides is 2. The van der Waals surface area contributed by atoms with E-state index in [1.54, 1.807) is 11.1 Å². The number of piperidine rings is 2. The maximum atomic E-state index is 13.7. The van der Waals surface area contributed by atoms with E-state index in [4.69, 9.17) is 4.74 Å². The van der Waals surface area contributed by atoms with Gasteiger partial charge in [-0.15, -0.1) is 0 Å². The minimum atomic E-state index is -0.525. The number of aromatic nitrogens is 2. The smallest absolute Gasteiger partial charge is 0.410 e. The number of carbonyl (C=O) groups excluding carboxylic acids is 2. The van der Waals surface area contributed by atoms with Gasteiger partial charge in [0.25, 0.3) is 5.91 Å². The van der Waals surface area contributed by atoms with Crippen molar-refractivity contribution >= 4 is 12.0 Å². The quantitative estimate of drug-likeness (QED) is 0.452. The molecule has 40 heavy (non-hydrogen) atoms. The SMILES string of the molecule is CC(C)(C)OC(=O)N1CCC(c2c(C(=O)NC3CCN(Cc4ccccc4)CC3)cnn2-c2ccccc2)CC1. The summed E-state index contributed by atoms with van der Waals surface area (Å²) in [6.45, 7) is 9.67. The van der Waals surface area contributed by atoms with Gasteiger partial charge in [0.15, 0.2) is 0 Å². The average molecular weight is 544 g/mol. The van der Waals surface area contributed by atoms with Crippen LogP contribution in [0.1, 0.15) is 74.0 Å². The van der Waals surface area contributed by atoms with Crippen molar-refractivity contribution in [1.82, 2.24) is 24.9 Å². The van der Waals surface area contributed by atoms with Gasteiger partial charge in [0.1, 0.15) is 5.60 Å². The lowest BCUT2D eigenvalue weighted by atomic mass is 9.90. The zero-order valence-electron chi connectivity index (χ0n) is 23.9. The number of ether oxygens (including phenoxy) is 1. The zero-order valence-corrected chi connectivity index (χ0v) is 23.9. The third-order valence-electron chi connectivity index (χ3n) is 7.76. The molecular weight excluding hydrogens is 502 g/mol. The molecular formula is C32H41N5O3. The number of carbonyl (C=O) groups is 2. The minimum Gasteiger partial charge on any atom is -0.444 e. The van der Waals surface area contributed by atoms with Crippen LogP contribution in [0, 0.1) is 0 Å². The molecule has 2 aliphatic rings. The fourth-order valence-corrected chi connectivity index (χ4v) is 5.70. The lowest BCUT2D eigenvalue weighted by Gasteiger charge is -2.34. The van der Waals surface area contributed by atoms with Crippen LogP contribution < -0.4 is 5.32 Å². The number of rotatable bonds is 6. The second-order valence-corrected chi connectivity index (χ2v) is 11.9. The fourth-order valence-electron chi connectivity index (χ4n) is 5.70. The van der Waals surface area contributed by atoms with Crippen molar-refractivity contribution in [2.24, 2.45) is 0 Å². The minimum absolute atomic E-state index is 0.0618. The van der Waals surface area contributed by atoms with Gasteiger partial charge in [-0.25, -0.2) is 9.48 Å². The van der Waals surface area contributed by atoms with Crippen molar-refractivity contribution in [2.45, 2.75) is 70.6 Å². The predicted molar refractivity (Wildman–Crippen MR) is 156 cm³/mol. The molecule has 3 heterocycles. The Morgan fingerprint density at radius 3 is 2.15 bits per heavy atom. The number of benzene rings is 2. The highest BCUT2D eigenvalue weighted by Gasteiger charge is 2.33. The first kappa shape index (κ1) is 27.9. The van der Waals surface area contributed by atoms with Crippen LogP contribution in [0.25, 0.3) is 5.69 Å². The Labute approximate surface area is 237 Å². The molecule has 8 heteroatoms. The highest BCUT2D eigenvalue weighted by Crippen LogP contribution is 2.33. The molecule has 5 rings (SSSR count). The molecule has 2 saturated heterocycles. The van der Waals surface area contributed by atoms with Crippen LogP contribution >= 0.6 is 0 Å². The third-order valence-corrected chi connectivity index (χ3v) is 7.76. The first-order chi connectivity index (χ1) is 19.3. The van der Waals surface area contributed by atoms with Crippen LogP contribution in [0.2, 0.25) is 0 Å². The summed E-state index contributed by atoms with van der Waals surface area (Å²) in [5, 5.41) is 7.99. The monoisotopic (exact) mass is 543 g/mol. The van der Waals surface area contributed by atoms with E-state index in [0.29, 0.717) is 18.7 Å². The normalized spacial score (nSPS) is 17.5. The van der Waals surface area contributed by atoms with E-state index in [1.807, 2.05) is 61.9 Å². The van der Waals surface area contributed by atoms with E-state index in [1.165, 1.54) is 5.56 Å². The molecule has 3 aromatic rings. The molecule has 0 radical (unpaired) electrons. The van der Waals surface area contributed by atoms with Crippen molar-refractivity contribution in [2.75, 3.05) is 26.2 Å². The molecule has 0 spiro atoms. The maximum absolute atomic E-state index is 13.7. The molecule has 2 aliphatic heterocycles. The second-order valence-electron chi connectivity index (χ2n) is 11.9. The Bertz CT molecular complexity index is 1270. The van der Waals surface area contributed by atoms with E-state index in [-0.39, 0.29) is 24.0 Å². The summed E-state index contributed by atoms with van der Waals surface area (Å²) in [5.74, 6) is 0.0446. The molecule has 1 N–H and O–H groups in total. The molecule has 2 amide bonds. The van der Waals surface area contributed by atoms with Gasteiger partial charge >= 0.3 is 6.09 Å². The van der Waals surface area contributed by atoms with Crippen LogP contribution in [-0.4, -0.2) is 69.4 Å². The van der Waals surface area contributed by atoms with Gasteiger partial charge < -0.3 is 15.0 Å². The van der Waals surface area contributed by atoms with Crippen molar-refractivity contribution < 1.29 is 14.3 Å². The molecule has 8 nitrogen and oxygen atoms in total. The number of nitrogens with one attached hydrogen (secondary N) is 1. The largest absolute Gasteiger partial charge is 0.444 e. The predicted octanol–water partition coefficient (Wildman–Crippen LogP) is 5.38. The summed E-state index contributed by atoms with van der Waals surface area (Å²) in [5.41, 5.74) is 3.28. The van der Waals surface area contributed by atoms with Crippen molar-refractivity contribution in [1.29, 1.82) is 0 Å². The lowest BCUT2D eigenvalue weighted by Crippen LogP contribution is -2.44. The fraction of sp³-hybridized carbons (Fsp3) is 0.469. The highest BCUT2D eigenvalue weighted by molar-refractivity contribution is 5.95. The van der Waals surface area contributed by atoms with Gasteiger partial charge in [-0.3, -0.25) is 9.69 Å². The van der Waals surface area contributed by atoms with Crippen molar-refractivity contribution in [3.8, 4) is 5.69 Å². The Balaban J connectivity index is 1.26. The van der Waals surface area contributed by atoms with Gasteiger partial charge in [0.2, 0.25) is 0 Å². The number of para-hydroxylation sites is 1. The second kappa shape index (κ2) is 12.3. The van der Waals surface area contributed by atoms with Crippen LogP contribution in [0.15, 0.2) is 66.9 Å². The third kappa shape index (κ3) is 6.91. The van der Waals surface area contributed by atoms with E-state index in [0.717, 1.165) is 56.7 Å². The molecule has 0 saturated carbocycles. The first-order valence-corrected chi connectivity index (χ1v) is 14.5. The molecule has 212 valence electrons. The number of likely N-dealkylation sites (tertiary alicyclic amines) is 2. The zero-order chi connectivity index (χ0) is 28.1. The van der Waals surface area contributed by atoms with Crippen molar-refractivity contribution in [3.05, 3.63) is 83.7 Å². The highest BCUT2D eigenvalue weighted by atomic mass is 16.6. The topological polar surface area (TPSA) is 79.7 Å². The van der Waals surface area contributed by atoms with Gasteiger partial charge in [-0.2, -0.15) is 5.10 Å². The molecule has 0 bridgehead atoms. The Morgan fingerprint density at radius 1 is 0.900 bits per heavy atom. The number of hydrogen-bond acceptors (Lipinski definition) is 5. The van der Waals surface area contributed by atoms with Gasteiger partial charge in [-0.1, -0.05) is 48.5 Å². The summed E-state index contributed by atoms with van der Waals surface area (Å²) in [6, 6.07) is 20.6. The van der Waals surface area contributed by atoms with Gasteiger partial charge in [0, 0.05) is 44.7 Å². The van der Waals surface area contributed by atoms with Crippen LogP contribution in [0.3, 0.4) is 0 Å². The maximum Gasteiger partial charge on any atom is 0.410 e. The summed E-state index contributed by atoms with van der Waals surface area (Å²) >= 11 is 0. The molecule has 0 aliphatic carbocycles. The summed E-state index contributed by atoms with van der Waals surface area (Å²) in [4.78, 5) is 30.5. The van der Waals surface area contributed by atoms with E-state index >= 15 is 0 Å². The summed E-state index contributed by atoms with van der Waals surface area (Å²) in [7, 11) is 0. The number of hydrogen-bond donors (Lipinski definition) is 1. The Hall–Kier alpha value is -3.65. The van der Waals surface area contributed by atoms with Gasteiger partial charge in [0.05, 0.1) is 23.1 Å². The lowest BCUT2D eigenvalue weighted by molar-refractivity contribution is 0.0203. The molecule has 2 fully saturated rings. The number of nitrogens with zero attached hydrogens (tertiary/aromatic N) is 4. The molecule has 0 atom stereocenters. The van der Waals surface area contributed by atoms with Crippen LogP contribution in [-0.2, 0) is 11.3 Å². The van der Waals surface area contributed by atoms with E-state index < -0.39 is 5.60 Å². The van der Waals surface area contributed by atoms with Crippen molar-refractivity contribution in [3.63, 3.8) is 0 Å². The molecule has 2 aromatic carbocycles. The average Bonchev–Trinajstić information content (AvgIpc) is 3.40. The standard InChI is InChI=1S/C32H41N5O3/c1-32(2,3)40-31(39)36-20-14-25(15-21-36)29-28(22-33-37(29)27-12-8-5-9-13-27)30(38)34-26-16-18-35(19-17-26)23-24-10-6-4-7-11-24/h4-13,22,25-26H,14-21,23H2,1-3H3,(H,34,38). The van der Waals surface area contributed by atoms with Gasteiger partial charge in [-0.05, 0) is 64.2 Å². The Morgan fingerprint density at radius 2 is 1.52 bits per heavy atom. The first-order valence-electron chi connectivity index (χ1n) is 14.5. The summed E-state index contributed by atoms with van der Waals surface area (Å²) < 4.78 is 7.49. The summed E-state index contributed by atoms with van der Waals surface area (Å²) in [6.07, 6.45) is 4.78. The van der Waals surface area contributed by atoms with Crippen LogP contribution in [0.4, 0.5) is 4.79 Å². The van der Waals surface area contributed by atoms with E-state index in [2.05, 4.69) is 39.6 Å². The molecule has 0 unspecified atom stereocenters. The van der Waals surface area contributed by atoms with E-state index in [9.17, 15) is 9.59 Å². The Kier molecular flexibility index (Phi) is 8.54. The van der Waals surface area contributed by atoms with Crippen LogP contribution in [0.5, 0.6) is 0 Å².